The lowest BCUT2D eigenvalue weighted by Gasteiger charge is -2.27. The Morgan fingerprint density at radius 3 is 0.703 bits per heavy atom. The molecule has 0 aromatic heterocycles. The van der Waals surface area contributed by atoms with Crippen LogP contribution < -0.4 is 9.80 Å². The highest BCUT2D eigenvalue weighted by Crippen LogP contribution is 2.43. The number of hydrogen-bond acceptors (Lipinski definition) is 2. The molecule has 0 spiro atoms. The van der Waals surface area contributed by atoms with E-state index in [4.69, 9.17) is 0 Å². The van der Waals surface area contributed by atoms with Gasteiger partial charge in [-0.25, -0.2) is 0 Å². The molecule has 0 radical (unpaired) electrons. The van der Waals surface area contributed by atoms with Crippen LogP contribution in [0.1, 0.15) is 0 Å². The van der Waals surface area contributed by atoms with Gasteiger partial charge in [-0.1, -0.05) is 237 Å². The number of anilines is 6. The molecular weight excluding hydrogens is 893 g/mol. The van der Waals surface area contributed by atoms with Gasteiger partial charge < -0.3 is 9.80 Å². The van der Waals surface area contributed by atoms with Crippen molar-refractivity contribution in [3.63, 3.8) is 0 Å². The third kappa shape index (κ3) is 9.69. The fourth-order valence-electron chi connectivity index (χ4n) is 10.1. The smallest absolute Gasteiger partial charge is 0.0468 e. The molecule has 0 heterocycles. The maximum absolute atomic E-state index is 2.37. The molecular formula is C72H52N2. The van der Waals surface area contributed by atoms with Gasteiger partial charge in [-0.2, -0.15) is 0 Å². The first-order valence-corrected chi connectivity index (χ1v) is 25.3. The average Bonchev–Trinajstić information content (AvgIpc) is 3.49. The number of benzene rings is 12. The van der Waals surface area contributed by atoms with Crippen molar-refractivity contribution in [1.82, 2.24) is 0 Å². The van der Waals surface area contributed by atoms with Gasteiger partial charge >= 0.3 is 0 Å². The van der Waals surface area contributed by atoms with E-state index in [1.54, 1.807) is 0 Å². The standard InChI is InChI=1S/C72H52N2/c1-6-17-53(18-7-1)56-29-39-65(40-30-56)73(67-47-37-60(38-48-67)64-28-16-27-63(51-64)55-21-10-3-11-22-55)66-41-33-58(34-42-66)59-35-45-69(46-36-59)74(68-43-31-57(32-44-68)54-19-8-2-9-20-54)70-49-50-71(61-23-12-4-13-24-61)72(52-70)62-25-14-5-15-26-62/h1-52H. The summed E-state index contributed by atoms with van der Waals surface area (Å²) in [6.45, 7) is 0. The van der Waals surface area contributed by atoms with Gasteiger partial charge in [0.2, 0.25) is 0 Å². The van der Waals surface area contributed by atoms with Gasteiger partial charge in [0.15, 0.2) is 0 Å². The highest BCUT2D eigenvalue weighted by molar-refractivity contribution is 5.90. The second-order valence-electron chi connectivity index (χ2n) is 18.5. The van der Waals surface area contributed by atoms with E-state index < -0.39 is 0 Å². The second-order valence-corrected chi connectivity index (χ2v) is 18.5. The summed E-state index contributed by atoms with van der Waals surface area (Å²) in [4.78, 5) is 4.72. The van der Waals surface area contributed by atoms with E-state index in [-0.39, 0.29) is 0 Å². The lowest BCUT2D eigenvalue weighted by atomic mass is 9.93. The number of hydrogen-bond donors (Lipinski definition) is 0. The molecule has 2 heteroatoms. The van der Waals surface area contributed by atoms with Crippen molar-refractivity contribution >= 4 is 34.1 Å². The van der Waals surface area contributed by atoms with Crippen LogP contribution in [0.15, 0.2) is 315 Å². The molecule has 350 valence electrons. The monoisotopic (exact) mass is 944 g/mol. The predicted octanol–water partition coefficient (Wildman–Crippen LogP) is 20.3. The van der Waals surface area contributed by atoms with Gasteiger partial charge in [0.05, 0.1) is 0 Å². The normalized spacial score (nSPS) is 11.0. The van der Waals surface area contributed by atoms with Gasteiger partial charge in [0.25, 0.3) is 0 Å². The Kier molecular flexibility index (Phi) is 12.8. The third-order valence-electron chi connectivity index (χ3n) is 13.9. The minimum atomic E-state index is 1.07. The summed E-state index contributed by atoms with van der Waals surface area (Å²) in [6, 6.07) is 114. The minimum Gasteiger partial charge on any atom is -0.311 e. The van der Waals surface area contributed by atoms with E-state index in [1.807, 2.05) is 0 Å². The lowest BCUT2D eigenvalue weighted by Crippen LogP contribution is -2.10. The minimum absolute atomic E-state index is 1.07. The molecule has 0 N–H and O–H groups in total. The van der Waals surface area contributed by atoms with Crippen molar-refractivity contribution < 1.29 is 0 Å². The number of nitrogens with zero attached hydrogens (tertiary/aromatic N) is 2. The van der Waals surface area contributed by atoms with Crippen molar-refractivity contribution in [2.45, 2.75) is 0 Å². The molecule has 0 unspecified atom stereocenters. The first-order valence-electron chi connectivity index (χ1n) is 25.3. The van der Waals surface area contributed by atoms with E-state index in [2.05, 4.69) is 325 Å². The molecule has 0 bridgehead atoms. The average molecular weight is 945 g/mol. The Hall–Kier alpha value is -9.76. The summed E-state index contributed by atoms with van der Waals surface area (Å²) < 4.78 is 0. The quantitative estimate of drug-likeness (QED) is 0.114. The zero-order valence-corrected chi connectivity index (χ0v) is 40.9. The van der Waals surface area contributed by atoms with E-state index >= 15 is 0 Å². The molecule has 0 atom stereocenters. The highest BCUT2D eigenvalue weighted by Gasteiger charge is 2.18. The van der Waals surface area contributed by atoms with Crippen LogP contribution in [-0.4, -0.2) is 0 Å². The summed E-state index contributed by atoms with van der Waals surface area (Å²) in [5, 5.41) is 0. The molecule has 0 saturated heterocycles. The molecule has 0 aliphatic carbocycles. The van der Waals surface area contributed by atoms with Crippen LogP contribution in [0, 0.1) is 0 Å². The van der Waals surface area contributed by atoms with E-state index in [0.717, 1.165) is 45.3 Å². The highest BCUT2D eigenvalue weighted by atomic mass is 15.1. The maximum atomic E-state index is 2.37. The Morgan fingerprint density at radius 1 is 0.135 bits per heavy atom. The molecule has 0 aliphatic heterocycles. The van der Waals surface area contributed by atoms with Crippen molar-refractivity contribution in [3.05, 3.63) is 315 Å². The summed E-state index contributed by atoms with van der Waals surface area (Å²) in [7, 11) is 0. The van der Waals surface area contributed by atoms with Gasteiger partial charge in [-0.3, -0.25) is 0 Å². The summed E-state index contributed by atoms with van der Waals surface area (Å²) in [5.74, 6) is 0. The molecule has 12 aromatic carbocycles. The molecule has 74 heavy (non-hydrogen) atoms. The van der Waals surface area contributed by atoms with Crippen molar-refractivity contribution in [3.8, 4) is 77.9 Å². The summed E-state index contributed by atoms with van der Waals surface area (Å²) >= 11 is 0. The predicted molar refractivity (Wildman–Crippen MR) is 314 cm³/mol. The third-order valence-corrected chi connectivity index (χ3v) is 13.9. The topological polar surface area (TPSA) is 6.48 Å². The molecule has 0 fully saturated rings. The van der Waals surface area contributed by atoms with Gasteiger partial charge in [0.1, 0.15) is 0 Å². The SMILES string of the molecule is c1ccc(-c2ccc(N(c3ccc(-c4ccc(N(c5ccc(-c6ccccc6)cc5)c5ccc(-c6ccccc6)c(-c6ccccc6)c5)cc4)cc3)c3ccc(-c4cccc(-c5ccccc5)c4)cc3)cc2)cc1. The van der Waals surface area contributed by atoms with Gasteiger partial charge in [0, 0.05) is 34.1 Å². The molecule has 12 aromatic rings. The summed E-state index contributed by atoms with van der Waals surface area (Å²) in [6.07, 6.45) is 0. The summed E-state index contributed by atoms with van der Waals surface area (Å²) in [5.41, 5.74) is 23.1. The van der Waals surface area contributed by atoms with E-state index in [1.165, 1.54) is 66.8 Å². The van der Waals surface area contributed by atoms with Crippen LogP contribution >= 0.6 is 0 Å². The van der Waals surface area contributed by atoms with E-state index in [9.17, 15) is 0 Å². The van der Waals surface area contributed by atoms with Gasteiger partial charge in [-0.05, 0) is 157 Å². The fraction of sp³-hybridized carbons (Fsp3) is 0. The Bertz CT molecular complexity index is 3750. The lowest BCUT2D eigenvalue weighted by molar-refractivity contribution is 1.28. The zero-order chi connectivity index (χ0) is 49.5. The molecule has 0 saturated carbocycles. The van der Waals surface area contributed by atoms with Crippen LogP contribution in [0.3, 0.4) is 0 Å². The maximum Gasteiger partial charge on any atom is 0.0468 e. The molecule has 2 nitrogen and oxygen atoms in total. The number of rotatable bonds is 13. The van der Waals surface area contributed by atoms with Crippen molar-refractivity contribution in [1.29, 1.82) is 0 Å². The first-order chi connectivity index (χ1) is 36.7. The molecule has 12 rings (SSSR count). The van der Waals surface area contributed by atoms with E-state index in [0.29, 0.717) is 0 Å². The Balaban J connectivity index is 0.883. The molecule has 0 amide bonds. The van der Waals surface area contributed by atoms with Crippen molar-refractivity contribution in [2.24, 2.45) is 0 Å². The largest absolute Gasteiger partial charge is 0.311 e. The second kappa shape index (κ2) is 20.9. The Morgan fingerprint density at radius 2 is 0.365 bits per heavy atom. The van der Waals surface area contributed by atoms with Crippen LogP contribution in [-0.2, 0) is 0 Å². The van der Waals surface area contributed by atoms with Crippen LogP contribution in [0.5, 0.6) is 0 Å². The van der Waals surface area contributed by atoms with Crippen LogP contribution in [0.4, 0.5) is 34.1 Å². The Labute approximate surface area is 435 Å². The molecule has 0 aliphatic rings. The van der Waals surface area contributed by atoms with Crippen LogP contribution in [0.2, 0.25) is 0 Å². The van der Waals surface area contributed by atoms with Gasteiger partial charge in [-0.15, -0.1) is 0 Å². The zero-order valence-electron chi connectivity index (χ0n) is 40.9. The first kappa shape index (κ1) is 45.4. The fourth-order valence-corrected chi connectivity index (χ4v) is 10.1. The van der Waals surface area contributed by atoms with Crippen LogP contribution in [0.25, 0.3) is 77.9 Å². The van der Waals surface area contributed by atoms with Crippen molar-refractivity contribution in [2.75, 3.05) is 9.80 Å².